The first-order chi connectivity index (χ1) is 6.85. The molecular weight excluding hydrogens is 170 g/mol. The molecule has 0 N–H and O–H groups in total. The Morgan fingerprint density at radius 2 is 1.86 bits per heavy atom. The molecule has 1 heteroatoms. The highest BCUT2D eigenvalue weighted by molar-refractivity contribution is 5.83. The molecule has 0 saturated heterocycles. The van der Waals surface area contributed by atoms with Gasteiger partial charge in [-0.3, -0.25) is 0 Å². The fraction of sp³-hybridized carbons (Fsp3) is 0. The molecule has 0 atom stereocenters. The Bertz CT molecular complexity index is 451. The number of nitrogens with zero attached hydrogens (tertiary/aromatic N) is 1. The number of pyridine rings is 1. The molecule has 1 nitrogen and oxygen atoms in total. The number of aromatic nitrogens is 1. The van der Waals surface area contributed by atoms with Crippen molar-refractivity contribution in [3.05, 3.63) is 54.7 Å². The molecule has 0 unspecified atom stereocenters. The first-order valence-corrected chi connectivity index (χ1v) is 4.50. The Balaban J connectivity index is 2.81. The van der Waals surface area contributed by atoms with E-state index >= 15 is 0 Å². The zero-order valence-electron chi connectivity index (χ0n) is 7.90. The lowest BCUT2D eigenvalue weighted by atomic mass is 10.1. The second-order valence-corrected chi connectivity index (χ2v) is 3.06. The summed E-state index contributed by atoms with van der Waals surface area (Å²) in [5.41, 5.74) is 2.91. The quantitative estimate of drug-likeness (QED) is 0.690. The zero-order valence-corrected chi connectivity index (χ0v) is 7.90. The average molecular weight is 181 g/mol. The maximum Gasteiger partial charge on any atom is 0.0709 e. The Morgan fingerprint density at radius 1 is 1.07 bits per heavy atom. The van der Waals surface area contributed by atoms with Gasteiger partial charge >= 0.3 is 0 Å². The van der Waals surface area contributed by atoms with E-state index in [1.807, 2.05) is 24.3 Å². The van der Waals surface area contributed by atoms with Crippen LogP contribution in [0.3, 0.4) is 0 Å². The summed E-state index contributed by atoms with van der Waals surface area (Å²) in [7, 11) is 0. The highest BCUT2D eigenvalue weighted by atomic mass is 14.7. The van der Waals surface area contributed by atoms with Crippen molar-refractivity contribution in [2.45, 2.75) is 0 Å². The highest BCUT2D eigenvalue weighted by Crippen LogP contribution is 2.18. The smallest absolute Gasteiger partial charge is 0.0709 e. The van der Waals surface area contributed by atoms with Gasteiger partial charge in [0.2, 0.25) is 0 Å². The number of fused-ring (bicyclic) bond motifs is 1. The summed E-state index contributed by atoms with van der Waals surface area (Å²) in [5, 5.41) is 1.13. The van der Waals surface area contributed by atoms with Gasteiger partial charge in [-0.05, 0) is 18.2 Å². The molecule has 68 valence electrons. The number of benzene rings is 1. The van der Waals surface area contributed by atoms with Gasteiger partial charge in [0.1, 0.15) is 0 Å². The molecule has 0 bridgehead atoms. The van der Waals surface area contributed by atoms with E-state index in [2.05, 4.69) is 24.2 Å². The van der Waals surface area contributed by atoms with Crippen molar-refractivity contribution in [3.8, 4) is 0 Å². The zero-order chi connectivity index (χ0) is 9.97. The van der Waals surface area contributed by atoms with Crippen LogP contribution in [0.1, 0.15) is 11.3 Å². The molecule has 0 aliphatic heterocycles. The molecular formula is C13H11N. The van der Waals surface area contributed by atoms with Gasteiger partial charge in [0.15, 0.2) is 0 Å². The Labute approximate surface area is 83.4 Å². The lowest BCUT2D eigenvalue weighted by Crippen LogP contribution is -1.87. The molecule has 2 aromatic rings. The van der Waals surface area contributed by atoms with Crippen LogP contribution in [-0.4, -0.2) is 4.98 Å². The van der Waals surface area contributed by atoms with Crippen LogP contribution in [0, 0.1) is 0 Å². The molecule has 2 rings (SSSR count). The van der Waals surface area contributed by atoms with E-state index in [4.69, 9.17) is 0 Å². The SMILES string of the molecule is C=Cc1cc2ccccc2nc1C=C. The van der Waals surface area contributed by atoms with Crippen molar-refractivity contribution in [1.29, 1.82) is 0 Å². The van der Waals surface area contributed by atoms with Crippen molar-refractivity contribution in [1.82, 2.24) is 4.98 Å². The highest BCUT2D eigenvalue weighted by Gasteiger charge is 1.99. The molecule has 14 heavy (non-hydrogen) atoms. The van der Waals surface area contributed by atoms with E-state index in [9.17, 15) is 0 Å². The second kappa shape index (κ2) is 3.46. The third-order valence-electron chi connectivity index (χ3n) is 2.20. The van der Waals surface area contributed by atoms with Crippen LogP contribution in [0.2, 0.25) is 0 Å². The Hall–Kier alpha value is -1.89. The molecule has 0 fully saturated rings. The molecule has 1 aromatic heterocycles. The largest absolute Gasteiger partial charge is 0.248 e. The van der Waals surface area contributed by atoms with Crippen LogP contribution in [0.4, 0.5) is 0 Å². The van der Waals surface area contributed by atoms with Crippen LogP contribution in [0.25, 0.3) is 23.1 Å². The molecule has 0 saturated carbocycles. The summed E-state index contributed by atoms with van der Waals surface area (Å²) in [4.78, 5) is 4.48. The average Bonchev–Trinajstić information content (AvgIpc) is 2.27. The fourth-order valence-electron chi connectivity index (χ4n) is 1.47. The van der Waals surface area contributed by atoms with E-state index < -0.39 is 0 Å². The Morgan fingerprint density at radius 3 is 2.57 bits per heavy atom. The second-order valence-electron chi connectivity index (χ2n) is 3.06. The number of rotatable bonds is 2. The number of hydrogen-bond acceptors (Lipinski definition) is 1. The monoisotopic (exact) mass is 181 g/mol. The minimum absolute atomic E-state index is 0.888. The van der Waals surface area contributed by atoms with Gasteiger partial charge in [-0.2, -0.15) is 0 Å². The fourth-order valence-corrected chi connectivity index (χ4v) is 1.47. The van der Waals surface area contributed by atoms with E-state index in [0.717, 1.165) is 22.2 Å². The Kier molecular flexibility index (Phi) is 2.15. The van der Waals surface area contributed by atoms with Crippen LogP contribution < -0.4 is 0 Å². The first kappa shape index (κ1) is 8.70. The first-order valence-electron chi connectivity index (χ1n) is 4.50. The van der Waals surface area contributed by atoms with E-state index in [0.29, 0.717) is 0 Å². The van der Waals surface area contributed by atoms with E-state index in [1.54, 1.807) is 12.2 Å². The molecule has 0 aliphatic carbocycles. The number of para-hydroxylation sites is 1. The van der Waals surface area contributed by atoms with Crippen molar-refractivity contribution >= 4 is 23.1 Å². The maximum atomic E-state index is 4.48. The van der Waals surface area contributed by atoms with Crippen LogP contribution in [-0.2, 0) is 0 Å². The standard InChI is InChI=1S/C13H11N/c1-3-10-9-11-7-5-6-8-13(11)14-12(10)4-2/h3-9H,1-2H2. The van der Waals surface area contributed by atoms with E-state index in [-0.39, 0.29) is 0 Å². The lowest BCUT2D eigenvalue weighted by Gasteiger charge is -2.02. The van der Waals surface area contributed by atoms with Crippen molar-refractivity contribution in [3.63, 3.8) is 0 Å². The van der Waals surface area contributed by atoms with Gasteiger partial charge in [0, 0.05) is 10.9 Å². The van der Waals surface area contributed by atoms with E-state index in [1.165, 1.54) is 0 Å². The van der Waals surface area contributed by atoms with Gasteiger partial charge in [-0.25, -0.2) is 4.98 Å². The van der Waals surface area contributed by atoms with Gasteiger partial charge in [-0.15, -0.1) is 0 Å². The summed E-state index contributed by atoms with van der Waals surface area (Å²) in [6, 6.07) is 10.1. The summed E-state index contributed by atoms with van der Waals surface area (Å²) in [6.45, 7) is 7.49. The summed E-state index contributed by atoms with van der Waals surface area (Å²) in [5.74, 6) is 0. The van der Waals surface area contributed by atoms with Gasteiger partial charge in [0.05, 0.1) is 11.2 Å². The molecule has 1 heterocycles. The summed E-state index contributed by atoms with van der Waals surface area (Å²) in [6.07, 6.45) is 3.56. The van der Waals surface area contributed by atoms with Crippen LogP contribution >= 0.6 is 0 Å². The maximum absolute atomic E-state index is 4.48. The molecule has 0 aliphatic rings. The number of hydrogen-bond donors (Lipinski definition) is 0. The minimum atomic E-state index is 0.888. The van der Waals surface area contributed by atoms with Crippen LogP contribution in [0.15, 0.2) is 43.5 Å². The third-order valence-corrected chi connectivity index (χ3v) is 2.20. The van der Waals surface area contributed by atoms with Gasteiger partial charge in [0.25, 0.3) is 0 Å². The van der Waals surface area contributed by atoms with Crippen molar-refractivity contribution in [2.24, 2.45) is 0 Å². The van der Waals surface area contributed by atoms with Gasteiger partial charge < -0.3 is 0 Å². The topological polar surface area (TPSA) is 12.9 Å². The summed E-state index contributed by atoms with van der Waals surface area (Å²) >= 11 is 0. The van der Waals surface area contributed by atoms with Crippen molar-refractivity contribution < 1.29 is 0 Å². The van der Waals surface area contributed by atoms with Crippen molar-refractivity contribution in [2.75, 3.05) is 0 Å². The predicted molar refractivity (Wildman–Crippen MR) is 61.9 cm³/mol. The molecule has 0 amide bonds. The van der Waals surface area contributed by atoms with Gasteiger partial charge in [-0.1, -0.05) is 37.4 Å². The molecule has 0 radical (unpaired) electrons. The predicted octanol–water partition coefficient (Wildman–Crippen LogP) is 3.52. The third kappa shape index (κ3) is 1.33. The van der Waals surface area contributed by atoms with Crippen LogP contribution in [0.5, 0.6) is 0 Å². The molecule has 1 aromatic carbocycles. The summed E-state index contributed by atoms with van der Waals surface area (Å²) < 4.78 is 0. The molecule has 0 spiro atoms. The lowest BCUT2D eigenvalue weighted by molar-refractivity contribution is 1.36. The normalized spacial score (nSPS) is 10.0. The minimum Gasteiger partial charge on any atom is -0.248 e.